The fourth-order valence-corrected chi connectivity index (χ4v) is 4.71. The van der Waals surface area contributed by atoms with Crippen molar-refractivity contribution >= 4 is 40.7 Å². The van der Waals surface area contributed by atoms with Gasteiger partial charge in [0.25, 0.3) is 5.91 Å². The number of benzene rings is 2. The van der Waals surface area contributed by atoms with Crippen LogP contribution < -0.4 is 11.1 Å². The highest BCUT2D eigenvalue weighted by molar-refractivity contribution is 6.30. The van der Waals surface area contributed by atoms with Crippen molar-refractivity contribution in [3.63, 3.8) is 0 Å². The van der Waals surface area contributed by atoms with Gasteiger partial charge in [0.2, 0.25) is 11.8 Å². The van der Waals surface area contributed by atoms with Crippen molar-refractivity contribution in [3.8, 4) is 0 Å². The Morgan fingerprint density at radius 2 is 1.97 bits per heavy atom. The van der Waals surface area contributed by atoms with Crippen LogP contribution in [0, 0.1) is 0 Å². The third-order valence-electron chi connectivity index (χ3n) is 6.41. The van der Waals surface area contributed by atoms with Crippen molar-refractivity contribution in [2.75, 3.05) is 11.9 Å². The van der Waals surface area contributed by atoms with Gasteiger partial charge in [0.05, 0.1) is 12.3 Å². The quantitative estimate of drug-likeness (QED) is 0.535. The largest absolute Gasteiger partial charge is 0.387 e. The predicted octanol–water partition coefficient (Wildman–Crippen LogP) is 4.12. The number of carbonyl (C=O) groups excluding carboxylic acids is 3. The van der Waals surface area contributed by atoms with E-state index in [1.54, 1.807) is 24.3 Å². The maximum atomic E-state index is 13.1. The smallest absolute Gasteiger partial charge is 0.254 e. The molecule has 184 valence electrons. The molecule has 3 amide bonds. The average molecular weight is 497 g/mol. The molecular formula is C26H29ClN4O4. The molecule has 2 aromatic rings. The third kappa shape index (κ3) is 5.65. The zero-order valence-electron chi connectivity index (χ0n) is 19.6. The number of likely N-dealkylation sites (tertiary alicyclic amines) is 1. The minimum Gasteiger partial charge on any atom is -0.387 e. The van der Waals surface area contributed by atoms with E-state index in [0.29, 0.717) is 34.8 Å². The lowest BCUT2D eigenvalue weighted by molar-refractivity contribution is -0.122. The molecule has 3 N–H and O–H groups in total. The van der Waals surface area contributed by atoms with Gasteiger partial charge in [-0.25, -0.2) is 0 Å². The summed E-state index contributed by atoms with van der Waals surface area (Å²) in [5, 5.41) is 7.74. The van der Waals surface area contributed by atoms with E-state index in [9.17, 15) is 14.4 Å². The van der Waals surface area contributed by atoms with Crippen LogP contribution >= 0.6 is 11.6 Å². The van der Waals surface area contributed by atoms with Gasteiger partial charge >= 0.3 is 0 Å². The minimum absolute atomic E-state index is 0.0203. The van der Waals surface area contributed by atoms with Gasteiger partial charge in [-0.15, -0.1) is 0 Å². The van der Waals surface area contributed by atoms with Crippen molar-refractivity contribution < 1.29 is 19.2 Å². The number of primary amides is 1. The number of oxime groups is 1. The number of nitrogens with zero attached hydrogens (tertiary/aromatic N) is 2. The van der Waals surface area contributed by atoms with Crippen LogP contribution in [0.3, 0.4) is 0 Å². The second kappa shape index (κ2) is 10.5. The first kappa shape index (κ1) is 24.7. The first-order valence-corrected chi connectivity index (χ1v) is 12.2. The fourth-order valence-electron chi connectivity index (χ4n) is 4.58. The number of hydrogen-bond acceptors (Lipinski definition) is 5. The molecule has 4 rings (SSSR count). The maximum Gasteiger partial charge on any atom is 0.254 e. The van der Waals surface area contributed by atoms with Crippen molar-refractivity contribution in [2.45, 2.75) is 57.1 Å². The molecule has 2 atom stereocenters. The number of anilines is 1. The van der Waals surface area contributed by atoms with Gasteiger partial charge in [0.1, 0.15) is 6.04 Å². The molecule has 0 radical (unpaired) electrons. The number of nitrogens with two attached hydrogens (primary N) is 1. The van der Waals surface area contributed by atoms with Gasteiger partial charge in [0, 0.05) is 41.1 Å². The fraction of sp³-hybridized carbons (Fsp3) is 0.385. The average Bonchev–Trinajstić information content (AvgIpc) is 3.43. The molecule has 1 fully saturated rings. The van der Waals surface area contributed by atoms with Crippen LogP contribution in [0.2, 0.25) is 5.02 Å². The van der Waals surface area contributed by atoms with Crippen LogP contribution in [0.4, 0.5) is 5.69 Å². The number of amides is 3. The molecule has 1 spiro atoms. The topological polar surface area (TPSA) is 114 Å². The van der Waals surface area contributed by atoms with Crippen LogP contribution in [0.15, 0.2) is 53.7 Å². The summed E-state index contributed by atoms with van der Waals surface area (Å²) in [5.74, 6) is -0.922. The first-order chi connectivity index (χ1) is 16.8. The monoisotopic (exact) mass is 496 g/mol. The van der Waals surface area contributed by atoms with E-state index in [4.69, 9.17) is 22.2 Å². The second-order valence-corrected chi connectivity index (χ2v) is 9.57. The van der Waals surface area contributed by atoms with Crippen LogP contribution in [0.25, 0.3) is 0 Å². The summed E-state index contributed by atoms with van der Waals surface area (Å²) in [4.78, 5) is 44.9. The van der Waals surface area contributed by atoms with E-state index in [1.165, 1.54) is 4.90 Å². The van der Waals surface area contributed by atoms with Crippen molar-refractivity contribution in [1.29, 1.82) is 0 Å². The van der Waals surface area contributed by atoms with Gasteiger partial charge < -0.3 is 20.8 Å². The number of halogens is 1. The predicted molar refractivity (Wildman–Crippen MR) is 134 cm³/mol. The van der Waals surface area contributed by atoms with Gasteiger partial charge in [-0.2, -0.15) is 0 Å². The van der Waals surface area contributed by atoms with E-state index >= 15 is 0 Å². The minimum atomic E-state index is -0.837. The number of unbranched alkanes of at least 4 members (excludes halogenated alkanes) is 2. The SMILES string of the molecule is CCCCCC(=O)Nc1cccc(C2=NOC3(C2)C[C@@H](C(N)=O)N(C(=O)c2ccc(Cl)cc2)C3)c1. The molecule has 0 bridgehead atoms. The van der Waals surface area contributed by atoms with E-state index in [1.807, 2.05) is 24.3 Å². The molecular weight excluding hydrogens is 468 g/mol. The second-order valence-electron chi connectivity index (χ2n) is 9.14. The summed E-state index contributed by atoms with van der Waals surface area (Å²) in [6, 6.07) is 13.1. The zero-order chi connectivity index (χ0) is 25.0. The molecule has 0 saturated carbocycles. The Bertz CT molecular complexity index is 1150. The third-order valence-corrected chi connectivity index (χ3v) is 6.66. The van der Waals surface area contributed by atoms with E-state index in [-0.39, 0.29) is 24.8 Å². The highest BCUT2D eigenvalue weighted by Crippen LogP contribution is 2.39. The molecule has 9 heteroatoms. The summed E-state index contributed by atoms with van der Waals surface area (Å²) in [6.07, 6.45) is 4.09. The molecule has 2 aromatic carbocycles. The Balaban J connectivity index is 1.46. The molecule has 1 unspecified atom stereocenters. The maximum absolute atomic E-state index is 13.1. The lowest BCUT2D eigenvalue weighted by Gasteiger charge is -2.23. The summed E-state index contributed by atoms with van der Waals surface area (Å²) in [5.41, 5.74) is 7.42. The van der Waals surface area contributed by atoms with E-state index in [2.05, 4.69) is 17.4 Å². The zero-order valence-corrected chi connectivity index (χ0v) is 20.4. The molecule has 8 nitrogen and oxygen atoms in total. The van der Waals surface area contributed by atoms with Crippen LogP contribution in [-0.2, 0) is 14.4 Å². The standard InChI is InChI=1S/C26H29ClN4O4/c1-2-3-4-8-23(32)29-20-7-5-6-18(13-20)21-14-26(35-30-21)15-22(24(28)33)31(16-26)25(34)17-9-11-19(27)12-10-17/h5-7,9-13,22H,2-4,8,14-16H2,1H3,(H2,28,33)(H,29,32)/t22-,26?/m0/s1. The van der Waals surface area contributed by atoms with Crippen LogP contribution in [0.1, 0.15) is 61.4 Å². The van der Waals surface area contributed by atoms with E-state index in [0.717, 1.165) is 24.8 Å². The molecule has 35 heavy (non-hydrogen) atoms. The first-order valence-electron chi connectivity index (χ1n) is 11.8. The number of nitrogens with one attached hydrogen (secondary N) is 1. The number of hydrogen-bond donors (Lipinski definition) is 2. The number of carbonyl (C=O) groups is 3. The van der Waals surface area contributed by atoms with Gasteiger partial charge in [-0.1, -0.05) is 48.7 Å². The van der Waals surface area contributed by atoms with Gasteiger partial charge in [-0.05, 0) is 42.8 Å². The summed E-state index contributed by atoms with van der Waals surface area (Å²) in [6.45, 7) is 2.28. The molecule has 1 saturated heterocycles. The highest BCUT2D eigenvalue weighted by Gasteiger charge is 2.53. The summed E-state index contributed by atoms with van der Waals surface area (Å²) < 4.78 is 0. The van der Waals surface area contributed by atoms with E-state index < -0.39 is 17.6 Å². The molecule has 2 aliphatic rings. The normalized spacial score (nSPS) is 21.0. The molecule has 2 heterocycles. The lowest BCUT2D eigenvalue weighted by atomic mass is 9.91. The molecule has 2 aliphatic heterocycles. The highest BCUT2D eigenvalue weighted by atomic mass is 35.5. The Morgan fingerprint density at radius 1 is 1.20 bits per heavy atom. The van der Waals surface area contributed by atoms with Crippen molar-refractivity contribution in [2.24, 2.45) is 10.9 Å². The van der Waals surface area contributed by atoms with Crippen molar-refractivity contribution in [1.82, 2.24) is 4.90 Å². The number of rotatable bonds is 8. The Morgan fingerprint density at radius 3 is 2.69 bits per heavy atom. The van der Waals surface area contributed by atoms with Gasteiger partial charge in [-0.3, -0.25) is 14.4 Å². The summed E-state index contributed by atoms with van der Waals surface area (Å²) >= 11 is 5.94. The van der Waals surface area contributed by atoms with Gasteiger partial charge in [0.15, 0.2) is 5.60 Å². The Kier molecular flexibility index (Phi) is 7.40. The lowest BCUT2D eigenvalue weighted by Crippen LogP contribution is -2.44. The van der Waals surface area contributed by atoms with Crippen LogP contribution in [-0.4, -0.2) is 46.5 Å². The molecule has 0 aliphatic carbocycles. The Labute approximate surface area is 209 Å². The van der Waals surface area contributed by atoms with Crippen LogP contribution in [0.5, 0.6) is 0 Å². The summed E-state index contributed by atoms with van der Waals surface area (Å²) in [7, 11) is 0. The Hall–Kier alpha value is -3.39. The van der Waals surface area contributed by atoms with Crippen molar-refractivity contribution in [3.05, 3.63) is 64.7 Å². The molecule has 0 aromatic heterocycles.